The monoisotopic (exact) mass is 572 g/mol. The summed E-state index contributed by atoms with van der Waals surface area (Å²) in [6, 6.07) is 8.17. The van der Waals surface area contributed by atoms with Gasteiger partial charge in [-0.2, -0.15) is 10.4 Å². The van der Waals surface area contributed by atoms with Crippen molar-refractivity contribution in [3.05, 3.63) is 42.4 Å². The van der Waals surface area contributed by atoms with Crippen molar-refractivity contribution in [2.75, 3.05) is 24.6 Å². The van der Waals surface area contributed by atoms with Crippen LogP contribution in [0, 0.1) is 16.7 Å². The molecule has 222 valence electrons. The van der Waals surface area contributed by atoms with Crippen molar-refractivity contribution in [3.63, 3.8) is 0 Å². The Bertz CT molecular complexity index is 1500. The van der Waals surface area contributed by atoms with Crippen LogP contribution in [0.15, 0.2) is 36.8 Å². The Morgan fingerprint density at radius 1 is 1.14 bits per heavy atom. The number of rotatable bonds is 8. The smallest absolute Gasteiger partial charge is 0.408 e. The summed E-state index contributed by atoms with van der Waals surface area (Å²) in [5.74, 6) is 1.65. The third-order valence-corrected chi connectivity index (χ3v) is 8.44. The van der Waals surface area contributed by atoms with E-state index >= 15 is 0 Å². The highest BCUT2D eigenvalue weighted by Crippen LogP contribution is 2.41. The zero-order valence-electron chi connectivity index (χ0n) is 25.2. The van der Waals surface area contributed by atoms with Crippen LogP contribution in [0.2, 0.25) is 0 Å². The summed E-state index contributed by atoms with van der Waals surface area (Å²) in [5, 5.41) is 16.9. The van der Waals surface area contributed by atoms with Gasteiger partial charge in [-0.1, -0.05) is 6.92 Å². The number of aromatic nitrogens is 3. The van der Waals surface area contributed by atoms with Crippen LogP contribution in [0.1, 0.15) is 78.7 Å². The first-order valence-electron chi connectivity index (χ1n) is 14.7. The standard InChI is InChI=1S/C32H40N6O4/c1-6-41-24-16-25(28-23(18-33)20-35-38(28)21-24)22-8-9-27(34-19-22)37-14-12-31(5,13-15-37)17-26(39)32(10-7-11-32)36-29(40)42-30(2,3)4/h8-9,16,19-21H,6-7,10-15,17H2,1-5H3,(H,36,40). The molecular formula is C32H40N6O4. The first-order chi connectivity index (χ1) is 19.9. The van der Waals surface area contributed by atoms with E-state index < -0.39 is 17.2 Å². The van der Waals surface area contributed by atoms with Crippen molar-refractivity contribution in [1.82, 2.24) is 19.9 Å². The highest BCUT2D eigenvalue weighted by molar-refractivity contribution is 5.93. The number of amides is 1. The number of carbonyl (C=O) groups excluding carboxylic acids is 2. The lowest BCUT2D eigenvalue weighted by atomic mass is 9.67. The molecule has 1 N–H and O–H groups in total. The Morgan fingerprint density at radius 3 is 2.45 bits per heavy atom. The lowest BCUT2D eigenvalue weighted by Crippen LogP contribution is -2.60. The molecule has 1 amide bonds. The maximum absolute atomic E-state index is 13.5. The zero-order chi connectivity index (χ0) is 30.1. The number of ketones is 1. The first kappa shape index (κ1) is 29.4. The summed E-state index contributed by atoms with van der Waals surface area (Å²) < 4.78 is 12.8. The summed E-state index contributed by atoms with van der Waals surface area (Å²) in [6.45, 7) is 11.7. The van der Waals surface area contributed by atoms with Crippen molar-refractivity contribution < 1.29 is 19.1 Å². The number of nitrogens with zero attached hydrogens (tertiary/aromatic N) is 5. The number of ether oxygens (including phenoxy) is 2. The summed E-state index contributed by atoms with van der Waals surface area (Å²) in [5.41, 5.74) is 1.37. The van der Waals surface area contributed by atoms with E-state index in [0.717, 1.165) is 54.8 Å². The van der Waals surface area contributed by atoms with E-state index in [2.05, 4.69) is 28.3 Å². The van der Waals surface area contributed by atoms with Crippen molar-refractivity contribution in [1.29, 1.82) is 5.26 Å². The van der Waals surface area contributed by atoms with Gasteiger partial charge in [0.2, 0.25) is 0 Å². The van der Waals surface area contributed by atoms with Crippen LogP contribution >= 0.6 is 0 Å². The quantitative estimate of drug-likeness (QED) is 0.366. The third kappa shape index (κ3) is 6.06. The predicted molar refractivity (Wildman–Crippen MR) is 159 cm³/mol. The minimum atomic E-state index is -0.800. The molecule has 0 radical (unpaired) electrons. The molecule has 42 heavy (non-hydrogen) atoms. The molecule has 0 atom stereocenters. The van der Waals surface area contributed by atoms with Gasteiger partial charge in [-0.3, -0.25) is 4.79 Å². The zero-order valence-corrected chi connectivity index (χ0v) is 25.2. The van der Waals surface area contributed by atoms with E-state index in [9.17, 15) is 14.9 Å². The maximum atomic E-state index is 13.5. The summed E-state index contributed by atoms with van der Waals surface area (Å²) in [6.07, 6.45) is 9.04. The number of piperidine rings is 1. The van der Waals surface area contributed by atoms with Gasteiger partial charge in [0.25, 0.3) is 0 Å². The second kappa shape index (κ2) is 11.3. The second-order valence-electron chi connectivity index (χ2n) is 12.9. The Labute approximate surface area is 247 Å². The number of alkyl carbamates (subject to hydrolysis) is 1. The topological polar surface area (TPSA) is 122 Å². The second-order valence-corrected chi connectivity index (χ2v) is 12.9. The van der Waals surface area contributed by atoms with Crippen LogP contribution in [0.5, 0.6) is 5.75 Å². The normalized spacial score (nSPS) is 17.7. The highest BCUT2D eigenvalue weighted by Gasteiger charge is 2.48. The van der Waals surface area contributed by atoms with Crippen molar-refractivity contribution in [2.45, 2.75) is 84.3 Å². The van der Waals surface area contributed by atoms with E-state index in [1.807, 2.05) is 52.1 Å². The Kier molecular flexibility index (Phi) is 7.88. The van der Waals surface area contributed by atoms with Gasteiger partial charge in [-0.15, -0.1) is 0 Å². The molecule has 10 nitrogen and oxygen atoms in total. The van der Waals surface area contributed by atoms with E-state index in [4.69, 9.17) is 14.5 Å². The van der Waals surface area contributed by atoms with Gasteiger partial charge in [-0.25, -0.2) is 14.3 Å². The molecule has 1 aliphatic heterocycles. The van der Waals surface area contributed by atoms with Gasteiger partial charge in [0.05, 0.1) is 30.1 Å². The van der Waals surface area contributed by atoms with E-state index in [-0.39, 0.29) is 11.2 Å². The molecule has 1 aliphatic carbocycles. The molecule has 0 aromatic carbocycles. The lowest BCUT2D eigenvalue weighted by molar-refractivity contribution is -0.131. The van der Waals surface area contributed by atoms with Crippen LogP contribution in [0.3, 0.4) is 0 Å². The molecule has 4 heterocycles. The fraction of sp³-hybridized carbons (Fsp3) is 0.531. The number of fused-ring (bicyclic) bond motifs is 1. The van der Waals surface area contributed by atoms with Crippen LogP contribution in [-0.4, -0.2) is 57.3 Å². The number of carbonyl (C=O) groups is 2. The van der Waals surface area contributed by atoms with Crippen LogP contribution in [0.25, 0.3) is 16.6 Å². The fourth-order valence-electron chi connectivity index (χ4n) is 5.89. The molecule has 1 saturated heterocycles. The van der Waals surface area contributed by atoms with Gasteiger partial charge in [-0.05, 0) is 83.4 Å². The average molecular weight is 573 g/mol. The van der Waals surface area contributed by atoms with Crippen LogP contribution in [0.4, 0.5) is 10.6 Å². The molecule has 3 aromatic rings. The van der Waals surface area contributed by atoms with Gasteiger partial charge in [0.15, 0.2) is 5.78 Å². The SMILES string of the molecule is CCOc1cc(-c2ccc(N3CCC(C)(CC(=O)C4(NC(=O)OC(C)(C)C)CCC4)CC3)nc2)c2c(C#N)cnn2c1. The molecular weight excluding hydrogens is 532 g/mol. The molecule has 0 bridgehead atoms. The maximum Gasteiger partial charge on any atom is 0.408 e. The largest absolute Gasteiger partial charge is 0.492 e. The average Bonchev–Trinajstić information content (AvgIpc) is 3.33. The summed E-state index contributed by atoms with van der Waals surface area (Å²) in [7, 11) is 0. The summed E-state index contributed by atoms with van der Waals surface area (Å²) in [4.78, 5) is 33.0. The summed E-state index contributed by atoms with van der Waals surface area (Å²) >= 11 is 0. The predicted octanol–water partition coefficient (Wildman–Crippen LogP) is 5.68. The number of pyridine rings is 2. The van der Waals surface area contributed by atoms with E-state index in [0.29, 0.717) is 37.2 Å². The minimum absolute atomic E-state index is 0.107. The van der Waals surface area contributed by atoms with Crippen molar-refractivity contribution in [2.24, 2.45) is 5.41 Å². The molecule has 0 unspecified atom stereocenters. The molecule has 5 rings (SSSR count). The molecule has 2 aliphatic rings. The molecule has 1 saturated carbocycles. The third-order valence-electron chi connectivity index (χ3n) is 8.44. The lowest BCUT2D eigenvalue weighted by Gasteiger charge is -2.45. The molecule has 0 spiro atoms. The highest BCUT2D eigenvalue weighted by atomic mass is 16.6. The Balaban J connectivity index is 1.25. The van der Waals surface area contributed by atoms with Crippen molar-refractivity contribution >= 4 is 23.2 Å². The Hall–Kier alpha value is -4.13. The number of hydrogen-bond acceptors (Lipinski definition) is 8. The number of nitrogens with one attached hydrogen (secondary N) is 1. The number of anilines is 1. The number of nitriles is 1. The van der Waals surface area contributed by atoms with Gasteiger partial charge in [0.1, 0.15) is 28.8 Å². The number of hydrogen-bond donors (Lipinski definition) is 1. The first-order valence-corrected chi connectivity index (χ1v) is 14.7. The molecule has 10 heteroatoms. The van der Waals surface area contributed by atoms with Gasteiger partial charge >= 0.3 is 6.09 Å². The van der Waals surface area contributed by atoms with Gasteiger partial charge in [0, 0.05) is 36.8 Å². The van der Waals surface area contributed by atoms with Crippen LogP contribution < -0.4 is 15.0 Å². The minimum Gasteiger partial charge on any atom is -0.492 e. The van der Waals surface area contributed by atoms with E-state index in [1.165, 1.54) is 0 Å². The van der Waals surface area contributed by atoms with Gasteiger partial charge < -0.3 is 19.7 Å². The Morgan fingerprint density at radius 2 is 1.88 bits per heavy atom. The van der Waals surface area contributed by atoms with E-state index in [1.54, 1.807) is 16.9 Å². The van der Waals surface area contributed by atoms with Crippen LogP contribution in [-0.2, 0) is 9.53 Å². The van der Waals surface area contributed by atoms with Crippen molar-refractivity contribution in [3.8, 4) is 22.9 Å². The fourth-order valence-corrected chi connectivity index (χ4v) is 5.89. The molecule has 2 fully saturated rings. The number of Topliss-reactive ketones (excluding diaryl/α,β-unsaturated/α-hetero) is 1. The molecule has 3 aromatic heterocycles.